The van der Waals surface area contributed by atoms with Crippen molar-refractivity contribution in [1.82, 2.24) is 9.88 Å². The predicted molar refractivity (Wildman–Crippen MR) is 113 cm³/mol. The van der Waals surface area contributed by atoms with Gasteiger partial charge in [-0.15, -0.1) is 11.8 Å². The van der Waals surface area contributed by atoms with Crippen LogP contribution in [0.5, 0.6) is 11.5 Å². The van der Waals surface area contributed by atoms with Crippen LogP contribution in [0, 0.1) is 0 Å². The Morgan fingerprint density at radius 1 is 1.18 bits per heavy atom. The van der Waals surface area contributed by atoms with Crippen LogP contribution in [0.25, 0.3) is 10.9 Å². The average Bonchev–Trinajstić information content (AvgIpc) is 3.07. The van der Waals surface area contributed by atoms with Crippen molar-refractivity contribution in [3.63, 3.8) is 0 Å². The average molecular weight is 397 g/mol. The van der Waals surface area contributed by atoms with E-state index in [-0.39, 0.29) is 5.91 Å². The molecule has 3 aromatic rings. The zero-order valence-corrected chi connectivity index (χ0v) is 17.1. The smallest absolute Gasteiger partial charge is 0.267 e. The van der Waals surface area contributed by atoms with E-state index in [1.54, 1.807) is 14.2 Å². The molecule has 1 amide bonds. The Morgan fingerprint density at radius 3 is 2.79 bits per heavy atom. The number of para-hydroxylation sites is 1. The maximum atomic E-state index is 12.9. The van der Waals surface area contributed by atoms with Crippen molar-refractivity contribution in [2.24, 2.45) is 0 Å². The highest BCUT2D eigenvalue weighted by atomic mass is 32.2. The fourth-order valence-corrected chi connectivity index (χ4v) is 4.88. The van der Waals surface area contributed by atoms with Crippen molar-refractivity contribution in [3.05, 3.63) is 53.7 Å². The SMILES string of the molecule is COc1ccc(CCNC(=O)c2cc3cccc4c3n2CC(C)S4)cc1OC. The molecule has 2 heterocycles. The van der Waals surface area contributed by atoms with Gasteiger partial charge in [-0.1, -0.05) is 25.1 Å². The molecule has 28 heavy (non-hydrogen) atoms. The second-order valence-corrected chi connectivity index (χ2v) is 8.44. The summed E-state index contributed by atoms with van der Waals surface area (Å²) in [5.41, 5.74) is 3.00. The van der Waals surface area contributed by atoms with Crippen LogP contribution in [-0.4, -0.2) is 36.5 Å². The van der Waals surface area contributed by atoms with Crippen LogP contribution in [0.4, 0.5) is 0 Å². The maximum absolute atomic E-state index is 12.9. The van der Waals surface area contributed by atoms with Crippen molar-refractivity contribution in [1.29, 1.82) is 0 Å². The fraction of sp³-hybridized carbons (Fsp3) is 0.318. The molecule has 2 aromatic carbocycles. The zero-order chi connectivity index (χ0) is 19.7. The molecule has 0 fully saturated rings. The predicted octanol–water partition coefficient (Wildman–Crippen LogP) is 4.13. The number of hydrogen-bond donors (Lipinski definition) is 1. The Labute approximate surface area is 169 Å². The highest BCUT2D eigenvalue weighted by molar-refractivity contribution is 8.00. The number of aromatic nitrogens is 1. The van der Waals surface area contributed by atoms with Crippen LogP contribution in [0.2, 0.25) is 0 Å². The van der Waals surface area contributed by atoms with Gasteiger partial charge in [-0.05, 0) is 36.2 Å². The summed E-state index contributed by atoms with van der Waals surface area (Å²) in [6.45, 7) is 3.61. The van der Waals surface area contributed by atoms with E-state index in [1.807, 2.05) is 36.0 Å². The minimum Gasteiger partial charge on any atom is -0.493 e. The van der Waals surface area contributed by atoms with E-state index in [4.69, 9.17) is 9.47 Å². The molecule has 0 saturated heterocycles. The van der Waals surface area contributed by atoms with E-state index in [0.717, 1.165) is 29.6 Å². The number of ether oxygens (including phenoxy) is 2. The largest absolute Gasteiger partial charge is 0.493 e. The molecule has 0 saturated carbocycles. The van der Waals surface area contributed by atoms with Crippen molar-refractivity contribution in [2.75, 3.05) is 20.8 Å². The van der Waals surface area contributed by atoms with Crippen LogP contribution in [-0.2, 0) is 13.0 Å². The van der Waals surface area contributed by atoms with Crippen molar-refractivity contribution in [3.8, 4) is 11.5 Å². The highest BCUT2D eigenvalue weighted by Gasteiger charge is 2.23. The second-order valence-electron chi connectivity index (χ2n) is 6.96. The van der Waals surface area contributed by atoms with Gasteiger partial charge in [-0.25, -0.2) is 0 Å². The van der Waals surface area contributed by atoms with Gasteiger partial charge in [-0.3, -0.25) is 4.79 Å². The van der Waals surface area contributed by atoms with Gasteiger partial charge in [0, 0.05) is 28.6 Å². The summed E-state index contributed by atoms with van der Waals surface area (Å²) >= 11 is 1.88. The molecule has 1 atom stereocenters. The third-order valence-corrected chi connectivity index (χ3v) is 6.17. The van der Waals surface area contributed by atoms with E-state index in [9.17, 15) is 4.79 Å². The summed E-state index contributed by atoms with van der Waals surface area (Å²) in [6.07, 6.45) is 0.726. The zero-order valence-electron chi connectivity index (χ0n) is 16.3. The minimum atomic E-state index is -0.0262. The molecule has 5 nitrogen and oxygen atoms in total. The molecule has 0 radical (unpaired) electrons. The van der Waals surface area contributed by atoms with Gasteiger partial charge in [0.25, 0.3) is 5.91 Å². The normalized spacial score (nSPS) is 15.5. The first-order chi connectivity index (χ1) is 13.6. The lowest BCUT2D eigenvalue weighted by atomic mass is 10.1. The third-order valence-electron chi connectivity index (χ3n) is 5.03. The molecule has 4 rings (SSSR count). The van der Waals surface area contributed by atoms with E-state index >= 15 is 0 Å². The number of carbonyl (C=O) groups excluding carboxylic acids is 1. The van der Waals surface area contributed by atoms with Crippen LogP contribution in [0.1, 0.15) is 23.0 Å². The van der Waals surface area contributed by atoms with Gasteiger partial charge in [0.1, 0.15) is 5.69 Å². The molecule has 1 aliphatic rings. The Morgan fingerprint density at radius 2 is 2.00 bits per heavy atom. The molecule has 1 N–H and O–H groups in total. The van der Waals surface area contributed by atoms with E-state index in [1.165, 1.54) is 10.4 Å². The van der Waals surface area contributed by atoms with Gasteiger partial charge in [-0.2, -0.15) is 0 Å². The van der Waals surface area contributed by atoms with Gasteiger partial charge in [0.05, 0.1) is 19.7 Å². The number of benzene rings is 2. The van der Waals surface area contributed by atoms with Crippen LogP contribution in [0.15, 0.2) is 47.4 Å². The van der Waals surface area contributed by atoms with Crippen molar-refractivity contribution in [2.45, 2.75) is 30.0 Å². The number of thioether (sulfide) groups is 1. The monoisotopic (exact) mass is 396 g/mol. The summed E-state index contributed by atoms with van der Waals surface area (Å²) < 4.78 is 12.8. The first kappa shape index (κ1) is 18.7. The van der Waals surface area contributed by atoms with Gasteiger partial charge >= 0.3 is 0 Å². The molecule has 1 aliphatic heterocycles. The van der Waals surface area contributed by atoms with Gasteiger partial charge in [0.15, 0.2) is 11.5 Å². The molecular weight excluding hydrogens is 372 g/mol. The lowest BCUT2D eigenvalue weighted by Crippen LogP contribution is -2.29. The molecular formula is C22H24N2O3S. The first-order valence-electron chi connectivity index (χ1n) is 9.38. The van der Waals surface area contributed by atoms with Gasteiger partial charge < -0.3 is 19.4 Å². The van der Waals surface area contributed by atoms with E-state index in [0.29, 0.717) is 23.3 Å². The van der Waals surface area contributed by atoms with Crippen LogP contribution in [0.3, 0.4) is 0 Å². The third kappa shape index (κ3) is 3.44. The summed E-state index contributed by atoms with van der Waals surface area (Å²) in [5, 5.41) is 4.64. The number of amides is 1. The standard InChI is InChI=1S/C22H24N2O3S/c1-14-13-24-17(12-16-5-4-6-20(28-14)21(16)24)22(25)23-10-9-15-7-8-18(26-2)19(11-15)27-3/h4-8,11-12,14H,9-10,13H2,1-3H3,(H,23,25). The van der Waals surface area contributed by atoms with Crippen molar-refractivity contribution < 1.29 is 14.3 Å². The maximum Gasteiger partial charge on any atom is 0.267 e. The Kier molecular flexibility index (Phi) is 5.22. The molecule has 1 unspecified atom stereocenters. The second kappa shape index (κ2) is 7.80. The summed E-state index contributed by atoms with van der Waals surface area (Å²) in [6, 6.07) is 14.1. The number of carbonyl (C=O) groups is 1. The number of methoxy groups -OCH3 is 2. The number of nitrogens with zero attached hydrogens (tertiary/aromatic N) is 1. The van der Waals surface area contributed by atoms with Crippen LogP contribution >= 0.6 is 11.8 Å². The van der Waals surface area contributed by atoms with Gasteiger partial charge in [0.2, 0.25) is 0 Å². The fourth-order valence-electron chi connectivity index (χ4n) is 3.72. The first-order valence-corrected chi connectivity index (χ1v) is 10.3. The molecule has 6 heteroatoms. The lowest BCUT2D eigenvalue weighted by molar-refractivity contribution is 0.0945. The van der Waals surface area contributed by atoms with Crippen LogP contribution < -0.4 is 14.8 Å². The number of rotatable bonds is 6. The Hall–Kier alpha value is -2.60. The highest BCUT2D eigenvalue weighted by Crippen LogP contribution is 2.38. The number of nitrogens with one attached hydrogen (secondary N) is 1. The molecule has 0 spiro atoms. The minimum absolute atomic E-state index is 0.0262. The lowest BCUT2D eigenvalue weighted by Gasteiger charge is -2.22. The van der Waals surface area contributed by atoms with Crippen molar-refractivity contribution >= 4 is 28.6 Å². The number of hydrogen-bond acceptors (Lipinski definition) is 4. The molecule has 1 aromatic heterocycles. The summed E-state index contributed by atoms with van der Waals surface area (Å²) in [5.74, 6) is 1.38. The Balaban J connectivity index is 1.48. The quantitative estimate of drug-likeness (QED) is 0.681. The topological polar surface area (TPSA) is 52.5 Å². The summed E-state index contributed by atoms with van der Waals surface area (Å²) in [7, 11) is 3.25. The van der Waals surface area contributed by atoms with E-state index in [2.05, 4.69) is 35.0 Å². The Bertz CT molecular complexity index is 1030. The molecule has 0 aliphatic carbocycles. The van der Waals surface area contributed by atoms with E-state index < -0.39 is 0 Å². The summed E-state index contributed by atoms with van der Waals surface area (Å²) in [4.78, 5) is 14.1. The molecule has 0 bridgehead atoms. The molecule has 146 valence electrons.